The fourth-order valence-electron chi connectivity index (χ4n) is 2.54. The number of aliphatic carboxylic acids is 1. The Morgan fingerprint density at radius 2 is 2.12 bits per heavy atom. The van der Waals surface area contributed by atoms with E-state index in [2.05, 4.69) is 22.6 Å². The molecule has 0 spiro atoms. The molecule has 0 amide bonds. The molecule has 0 aliphatic carbocycles. The number of carboxylic acid groups (broad SMARTS) is 1. The highest BCUT2D eigenvalue weighted by atomic mass is 16.4. The molecule has 0 radical (unpaired) electrons. The lowest BCUT2D eigenvalue weighted by Gasteiger charge is -2.22. The van der Waals surface area contributed by atoms with E-state index in [-0.39, 0.29) is 12.3 Å². The van der Waals surface area contributed by atoms with Gasteiger partial charge < -0.3 is 10.0 Å². The highest BCUT2D eigenvalue weighted by Gasteiger charge is 2.18. The minimum Gasteiger partial charge on any atom is -0.481 e. The quantitative estimate of drug-likeness (QED) is 0.740. The van der Waals surface area contributed by atoms with Crippen LogP contribution >= 0.6 is 0 Å². The molecule has 2 rings (SSSR count). The van der Waals surface area contributed by atoms with Crippen LogP contribution in [0.25, 0.3) is 0 Å². The summed E-state index contributed by atoms with van der Waals surface area (Å²) in [5.74, 6) is -0.529. The van der Waals surface area contributed by atoms with Crippen molar-refractivity contribution in [3.05, 3.63) is 60.4 Å². The van der Waals surface area contributed by atoms with Crippen LogP contribution in [0.1, 0.15) is 36.9 Å². The molecule has 0 aliphatic heterocycles. The average molecular weight is 336 g/mol. The van der Waals surface area contributed by atoms with Crippen LogP contribution in [0.15, 0.2) is 49.2 Å². The maximum Gasteiger partial charge on any atom is 0.304 e. The third-order valence-electron chi connectivity index (χ3n) is 3.86. The van der Waals surface area contributed by atoms with E-state index in [1.165, 1.54) is 0 Å². The van der Waals surface area contributed by atoms with Crippen LogP contribution in [-0.2, 0) is 4.79 Å². The Bertz CT molecular complexity index is 781. The van der Waals surface area contributed by atoms with Gasteiger partial charge in [-0.25, -0.2) is 9.97 Å². The summed E-state index contributed by atoms with van der Waals surface area (Å²) in [7, 11) is 0. The number of benzene rings is 1. The highest BCUT2D eigenvalue weighted by molar-refractivity contribution is 5.68. The zero-order valence-electron chi connectivity index (χ0n) is 14.1. The van der Waals surface area contributed by atoms with Gasteiger partial charge >= 0.3 is 5.97 Å². The van der Waals surface area contributed by atoms with E-state index >= 15 is 0 Å². The van der Waals surface area contributed by atoms with Gasteiger partial charge in [-0.15, -0.1) is 6.58 Å². The van der Waals surface area contributed by atoms with E-state index < -0.39 is 5.97 Å². The van der Waals surface area contributed by atoms with E-state index in [0.29, 0.717) is 30.2 Å². The van der Waals surface area contributed by atoms with Crippen LogP contribution < -0.4 is 4.90 Å². The number of carbonyl (C=O) groups is 1. The number of aromatic nitrogens is 2. The van der Waals surface area contributed by atoms with Gasteiger partial charge in [0.05, 0.1) is 18.1 Å². The number of nitriles is 1. The lowest BCUT2D eigenvalue weighted by atomic mass is 9.98. The maximum absolute atomic E-state index is 11.1. The van der Waals surface area contributed by atoms with Gasteiger partial charge in [0.25, 0.3) is 0 Å². The number of rotatable bonds is 8. The molecular formula is C19H20N4O2. The lowest BCUT2D eigenvalue weighted by Crippen LogP contribution is -2.20. The molecule has 1 atom stereocenters. The largest absolute Gasteiger partial charge is 0.481 e. The standard InChI is InChI=1S/C19H20N4O2/c1-3-11-23(16-7-5-14(13-20)6-8-16)19-21-10-9-17(22-19)15(4-2)12-18(24)25/h3,5-10,15H,1,4,11-12H2,2H3,(H,24,25). The fraction of sp³-hybridized carbons (Fsp3) is 0.263. The second-order valence-electron chi connectivity index (χ2n) is 5.54. The third kappa shape index (κ3) is 4.64. The Labute approximate surface area is 147 Å². The minimum atomic E-state index is -0.845. The molecule has 128 valence electrons. The second-order valence-corrected chi connectivity index (χ2v) is 5.54. The van der Waals surface area contributed by atoms with Crippen LogP contribution in [0.5, 0.6) is 0 Å². The minimum absolute atomic E-state index is 0.0330. The highest BCUT2D eigenvalue weighted by Crippen LogP contribution is 2.26. The van der Waals surface area contributed by atoms with E-state index in [9.17, 15) is 4.79 Å². The van der Waals surface area contributed by atoms with Crippen molar-refractivity contribution in [1.29, 1.82) is 5.26 Å². The second kappa shape index (κ2) is 8.60. The van der Waals surface area contributed by atoms with Gasteiger partial charge in [-0.05, 0) is 36.8 Å². The first-order chi connectivity index (χ1) is 12.1. The summed E-state index contributed by atoms with van der Waals surface area (Å²) >= 11 is 0. The number of anilines is 2. The molecule has 2 aromatic rings. The SMILES string of the molecule is C=CCN(c1ccc(C#N)cc1)c1nccc(C(CC)CC(=O)O)n1. The summed E-state index contributed by atoms with van der Waals surface area (Å²) in [4.78, 5) is 21.8. The first-order valence-electron chi connectivity index (χ1n) is 8.02. The third-order valence-corrected chi connectivity index (χ3v) is 3.86. The summed E-state index contributed by atoms with van der Waals surface area (Å²) in [6, 6.07) is 11.0. The molecule has 0 bridgehead atoms. The first kappa shape index (κ1) is 18.1. The maximum atomic E-state index is 11.1. The molecule has 6 nitrogen and oxygen atoms in total. The van der Waals surface area contributed by atoms with Gasteiger partial charge in [-0.1, -0.05) is 13.0 Å². The van der Waals surface area contributed by atoms with Crippen molar-refractivity contribution in [2.24, 2.45) is 0 Å². The van der Waals surface area contributed by atoms with Crippen LogP contribution in [-0.4, -0.2) is 27.6 Å². The van der Waals surface area contributed by atoms with Crippen LogP contribution in [0.3, 0.4) is 0 Å². The predicted molar refractivity (Wildman–Crippen MR) is 95.7 cm³/mol. The van der Waals surface area contributed by atoms with Crippen molar-refractivity contribution in [2.75, 3.05) is 11.4 Å². The number of carboxylic acids is 1. The summed E-state index contributed by atoms with van der Waals surface area (Å²) in [6.07, 6.45) is 4.09. The Balaban J connectivity index is 2.37. The monoisotopic (exact) mass is 336 g/mol. The summed E-state index contributed by atoms with van der Waals surface area (Å²) in [5.41, 5.74) is 2.12. The number of nitrogens with zero attached hydrogens (tertiary/aromatic N) is 4. The molecular weight excluding hydrogens is 316 g/mol. The zero-order chi connectivity index (χ0) is 18.2. The molecule has 0 saturated heterocycles. The van der Waals surface area contributed by atoms with Gasteiger partial charge in [0.2, 0.25) is 5.95 Å². The van der Waals surface area contributed by atoms with Gasteiger partial charge in [-0.3, -0.25) is 4.79 Å². The van der Waals surface area contributed by atoms with E-state index in [4.69, 9.17) is 10.4 Å². The molecule has 1 unspecified atom stereocenters. The van der Waals surface area contributed by atoms with Crippen LogP contribution in [0, 0.1) is 11.3 Å². The Kier molecular flexibility index (Phi) is 6.24. The van der Waals surface area contributed by atoms with Crippen molar-refractivity contribution in [3.63, 3.8) is 0 Å². The van der Waals surface area contributed by atoms with Gasteiger partial charge in [0.1, 0.15) is 0 Å². The van der Waals surface area contributed by atoms with E-state index in [0.717, 1.165) is 5.69 Å². The molecule has 0 saturated carbocycles. The Morgan fingerprint density at radius 1 is 1.40 bits per heavy atom. The van der Waals surface area contributed by atoms with Crippen molar-refractivity contribution in [2.45, 2.75) is 25.7 Å². The Morgan fingerprint density at radius 3 is 2.68 bits per heavy atom. The molecule has 0 fully saturated rings. The molecule has 6 heteroatoms. The van der Waals surface area contributed by atoms with Crippen molar-refractivity contribution in [1.82, 2.24) is 9.97 Å². The fourth-order valence-corrected chi connectivity index (χ4v) is 2.54. The number of hydrogen-bond donors (Lipinski definition) is 1. The van der Waals surface area contributed by atoms with Crippen LogP contribution in [0.4, 0.5) is 11.6 Å². The predicted octanol–water partition coefficient (Wildman–Crippen LogP) is 3.64. The lowest BCUT2D eigenvalue weighted by molar-refractivity contribution is -0.137. The normalized spacial score (nSPS) is 11.4. The summed E-state index contributed by atoms with van der Waals surface area (Å²) in [6.45, 7) is 6.20. The van der Waals surface area contributed by atoms with Gasteiger partial charge in [-0.2, -0.15) is 5.26 Å². The summed E-state index contributed by atoms with van der Waals surface area (Å²) < 4.78 is 0. The zero-order valence-corrected chi connectivity index (χ0v) is 14.1. The molecule has 0 aliphatic rings. The molecule has 1 aromatic carbocycles. The average Bonchev–Trinajstić information content (AvgIpc) is 2.64. The van der Waals surface area contributed by atoms with Gasteiger partial charge in [0, 0.05) is 30.0 Å². The smallest absolute Gasteiger partial charge is 0.304 e. The van der Waals surface area contributed by atoms with Crippen molar-refractivity contribution in [3.8, 4) is 6.07 Å². The van der Waals surface area contributed by atoms with E-state index in [1.54, 1.807) is 30.5 Å². The molecule has 1 heterocycles. The molecule has 1 N–H and O–H groups in total. The molecule has 25 heavy (non-hydrogen) atoms. The molecule has 1 aromatic heterocycles. The summed E-state index contributed by atoms with van der Waals surface area (Å²) in [5, 5.41) is 18.0. The first-order valence-corrected chi connectivity index (χ1v) is 8.02. The number of hydrogen-bond acceptors (Lipinski definition) is 5. The van der Waals surface area contributed by atoms with Gasteiger partial charge in [0.15, 0.2) is 0 Å². The van der Waals surface area contributed by atoms with E-state index in [1.807, 2.05) is 24.0 Å². The van der Waals surface area contributed by atoms with Crippen molar-refractivity contribution >= 4 is 17.6 Å². The Hall–Kier alpha value is -3.20. The topological polar surface area (TPSA) is 90.1 Å². The van der Waals surface area contributed by atoms with Crippen molar-refractivity contribution < 1.29 is 9.90 Å². The van der Waals surface area contributed by atoms with Crippen LogP contribution in [0.2, 0.25) is 0 Å².